The molecule has 0 saturated carbocycles. The van der Waals surface area contributed by atoms with E-state index in [0.29, 0.717) is 0 Å². The van der Waals surface area contributed by atoms with Crippen LogP contribution in [-0.4, -0.2) is 43.7 Å². The first kappa shape index (κ1) is 17.0. The molecule has 2 N–H and O–H groups in total. The van der Waals surface area contributed by atoms with Crippen molar-refractivity contribution in [1.29, 1.82) is 0 Å². The number of thioether (sulfide) groups is 1. The van der Waals surface area contributed by atoms with E-state index in [1.165, 1.54) is 18.6 Å². The summed E-state index contributed by atoms with van der Waals surface area (Å²) < 4.78 is 5.68. The van der Waals surface area contributed by atoms with Crippen molar-refractivity contribution in [1.82, 2.24) is 10.6 Å². The smallest absolute Gasteiger partial charge is 0.191 e. The molecule has 1 aromatic rings. The lowest BCUT2D eigenvalue weighted by molar-refractivity contribution is 0.307. The summed E-state index contributed by atoms with van der Waals surface area (Å²) in [6.07, 6.45) is 4.79. The summed E-state index contributed by atoms with van der Waals surface area (Å²) in [5, 5.41) is 7.53. The van der Waals surface area contributed by atoms with Gasteiger partial charge in [0.05, 0.1) is 6.61 Å². The first-order chi connectivity index (χ1) is 10.9. The third-order valence-corrected chi connectivity index (χ3v) is 5.02. The van der Waals surface area contributed by atoms with Crippen LogP contribution in [0, 0.1) is 0 Å². The number of nitrogens with zero attached hydrogens (tertiary/aromatic N) is 1. The van der Waals surface area contributed by atoms with Crippen LogP contribution in [0.2, 0.25) is 0 Å². The lowest BCUT2D eigenvalue weighted by Crippen LogP contribution is -2.40. The number of rotatable bonds is 8. The Hall–Kier alpha value is -1.36. The normalized spacial score (nSPS) is 18.2. The van der Waals surface area contributed by atoms with Gasteiger partial charge in [0.1, 0.15) is 5.75 Å². The second-order valence-corrected chi connectivity index (χ2v) is 6.79. The average Bonchev–Trinajstić information content (AvgIpc) is 3.08. The van der Waals surface area contributed by atoms with Gasteiger partial charge in [-0.3, -0.25) is 4.99 Å². The van der Waals surface area contributed by atoms with Gasteiger partial charge in [-0.15, -0.1) is 0 Å². The van der Waals surface area contributed by atoms with Crippen molar-refractivity contribution in [3.63, 3.8) is 0 Å². The van der Waals surface area contributed by atoms with Crippen molar-refractivity contribution in [2.75, 3.05) is 32.5 Å². The number of para-hydroxylation sites is 1. The highest BCUT2D eigenvalue weighted by Crippen LogP contribution is 2.25. The highest BCUT2D eigenvalue weighted by Gasteiger charge is 2.15. The Bertz CT molecular complexity index is 433. The van der Waals surface area contributed by atoms with E-state index in [1.807, 2.05) is 37.4 Å². The van der Waals surface area contributed by atoms with E-state index in [2.05, 4.69) is 27.4 Å². The molecule has 22 heavy (non-hydrogen) atoms. The van der Waals surface area contributed by atoms with Crippen LogP contribution >= 0.6 is 11.8 Å². The zero-order chi connectivity index (χ0) is 15.5. The summed E-state index contributed by atoms with van der Waals surface area (Å²) in [6, 6.07) is 9.97. The predicted octanol–water partition coefficient (Wildman–Crippen LogP) is 2.91. The molecule has 5 heteroatoms. The molecule has 1 aromatic carbocycles. The van der Waals surface area contributed by atoms with E-state index < -0.39 is 0 Å². The summed E-state index contributed by atoms with van der Waals surface area (Å²) in [5.74, 6) is 3.17. The molecule has 1 atom stereocenters. The quantitative estimate of drug-likeness (QED) is 0.439. The topological polar surface area (TPSA) is 45.7 Å². The molecular formula is C17H27N3OS. The maximum Gasteiger partial charge on any atom is 0.191 e. The summed E-state index contributed by atoms with van der Waals surface area (Å²) >= 11 is 2.07. The molecule has 1 saturated heterocycles. The van der Waals surface area contributed by atoms with Gasteiger partial charge in [0.25, 0.3) is 0 Å². The summed E-state index contributed by atoms with van der Waals surface area (Å²) in [7, 11) is 1.83. The van der Waals surface area contributed by atoms with Gasteiger partial charge >= 0.3 is 0 Å². The molecule has 0 radical (unpaired) electrons. The lowest BCUT2D eigenvalue weighted by atomic mass is 10.2. The van der Waals surface area contributed by atoms with E-state index in [-0.39, 0.29) is 0 Å². The van der Waals surface area contributed by atoms with Crippen LogP contribution in [0.3, 0.4) is 0 Å². The molecule has 0 bridgehead atoms. The molecule has 1 aliphatic heterocycles. The number of ether oxygens (including phenoxy) is 1. The molecule has 1 aliphatic rings. The van der Waals surface area contributed by atoms with Gasteiger partial charge in [0.2, 0.25) is 0 Å². The Morgan fingerprint density at radius 2 is 2.14 bits per heavy atom. The molecular weight excluding hydrogens is 294 g/mol. The lowest BCUT2D eigenvalue weighted by Gasteiger charge is -2.14. The minimum Gasteiger partial charge on any atom is -0.494 e. The zero-order valence-electron chi connectivity index (χ0n) is 13.4. The van der Waals surface area contributed by atoms with Crippen molar-refractivity contribution >= 4 is 17.7 Å². The van der Waals surface area contributed by atoms with Gasteiger partial charge in [0, 0.05) is 25.4 Å². The number of aliphatic imine (C=N–C) groups is 1. The second-order valence-electron chi connectivity index (χ2n) is 5.38. The molecule has 0 spiro atoms. The average molecular weight is 321 g/mol. The monoisotopic (exact) mass is 321 g/mol. The van der Waals surface area contributed by atoms with Gasteiger partial charge in [-0.2, -0.15) is 11.8 Å². The van der Waals surface area contributed by atoms with E-state index >= 15 is 0 Å². The van der Waals surface area contributed by atoms with Crippen molar-refractivity contribution in [2.45, 2.75) is 30.9 Å². The Morgan fingerprint density at radius 1 is 1.27 bits per heavy atom. The van der Waals surface area contributed by atoms with Crippen LogP contribution in [-0.2, 0) is 0 Å². The van der Waals surface area contributed by atoms with Crippen LogP contribution in [0.15, 0.2) is 35.3 Å². The summed E-state index contributed by atoms with van der Waals surface area (Å²) in [5.41, 5.74) is 0. The fraction of sp³-hybridized carbons (Fsp3) is 0.588. The van der Waals surface area contributed by atoms with Gasteiger partial charge in [-0.25, -0.2) is 0 Å². The Kier molecular flexibility index (Phi) is 8.02. The van der Waals surface area contributed by atoms with E-state index in [1.54, 1.807) is 0 Å². The molecule has 1 unspecified atom stereocenters. The van der Waals surface area contributed by atoms with Gasteiger partial charge < -0.3 is 15.4 Å². The molecule has 1 heterocycles. The first-order valence-corrected chi connectivity index (χ1v) is 9.17. The summed E-state index contributed by atoms with van der Waals surface area (Å²) in [4.78, 5) is 4.27. The van der Waals surface area contributed by atoms with Crippen LogP contribution in [0.1, 0.15) is 25.7 Å². The van der Waals surface area contributed by atoms with Gasteiger partial charge in [-0.05, 0) is 43.6 Å². The molecule has 2 rings (SSSR count). The predicted molar refractivity (Wildman–Crippen MR) is 96.0 cm³/mol. The number of unbranched alkanes of at least 4 members (excludes halogenated alkanes) is 1. The third kappa shape index (κ3) is 6.60. The van der Waals surface area contributed by atoms with Crippen LogP contribution in [0.5, 0.6) is 5.75 Å². The third-order valence-electron chi connectivity index (χ3n) is 3.62. The minimum absolute atomic E-state index is 0.748. The van der Waals surface area contributed by atoms with Crippen molar-refractivity contribution < 1.29 is 4.74 Å². The Labute approximate surface area is 138 Å². The Morgan fingerprint density at radius 3 is 2.86 bits per heavy atom. The zero-order valence-corrected chi connectivity index (χ0v) is 14.2. The van der Waals surface area contributed by atoms with E-state index in [9.17, 15) is 0 Å². The van der Waals surface area contributed by atoms with Crippen molar-refractivity contribution in [2.24, 2.45) is 4.99 Å². The second kappa shape index (κ2) is 10.4. The van der Waals surface area contributed by atoms with Crippen LogP contribution in [0.4, 0.5) is 0 Å². The highest BCUT2D eigenvalue weighted by molar-refractivity contribution is 8.00. The SMILES string of the molecule is CN=C(NCCCCOc1ccccc1)NCC1CCCS1. The highest BCUT2D eigenvalue weighted by atomic mass is 32.2. The first-order valence-electron chi connectivity index (χ1n) is 8.12. The molecule has 0 amide bonds. The molecule has 0 aliphatic carbocycles. The van der Waals surface area contributed by atoms with E-state index in [4.69, 9.17) is 4.74 Å². The van der Waals surface area contributed by atoms with Crippen molar-refractivity contribution in [3.8, 4) is 5.75 Å². The fourth-order valence-electron chi connectivity index (χ4n) is 2.38. The Balaban J connectivity index is 1.49. The summed E-state index contributed by atoms with van der Waals surface area (Å²) in [6.45, 7) is 2.70. The number of hydrogen-bond donors (Lipinski definition) is 2. The maximum atomic E-state index is 5.68. The minimum atomic E-state index is 0.748. The standard InChI is InChI=1S/C17H27N3OS/c1-18-17(20-14-16-10-7-13-22-16)19-11-5-6-12-21-15-8-3-2-4-9-15/h2-4,8-9,16H,5-7,10-14H2,1H3,(H2,18,19,20). The van der Waals surface area contributed by atoms with Crippen LogP contribution in [0.25, 0.3) is 0 Å². The number of nitrogens with one attached hydrogen (secondary N) is 2. The fourth-order valence-corrected chi connectivity index (χ4v) is 3.58. The van der Waals surface area contributed by atoms with Crippen molar-refractivity contribution in [3.05, 3.63) is 30.3 Å². The number of hydrogen-bond acceptors (Lipinski definition) is 3. The molecule has 122 valence electrons. The molecule has 0 aromatic heterocycles. The number of guanidine groups is 1. The molecule has 1 fully saturated rings. The van der Waals surface area contributed by atoms with Gasteiger partial charge in [0.15, 0.2) is 5.96 Å². The van der Waals surface area contributed by atoms with Gasteiger partial charge in [-0.1, -0.05) is 18.2 Å². The van der Waals surface area contributed by atoms with E-state index in [0.717, 1.165) is 49.5 Å². The number of benzene rings is 1. The molecule has 4 nitrogen and oxygen atoms in total. The largest absolute Gasteiger partial charge is 0.494 e. The van der Waals surface area contributed by atoms with Crippen LogP contribution < -0.4 is 15.4 Å². The maximum absolute atomic E-state index is 5.68.